The lowest BCUT2D eigenvalue weighted by atomic mass is 10.1. The number of ether oxygens (including phenoxy) is 3. The third-order valence-electron chi connectivity index (χ3n) is 3.63. The molecule has 1 N–H and O–H groups in total. The van der Waals surface area contributed by atoms with Crippen LogP contribution in [0.2, 0.25) is 0 Å². The molecule has 0 radical (unpaired) electrons. The molecule has 0 aliphatic carbocycles. The molecule has 0 fully saturated rings. The number of rotatable bonds is 6. The molecule has 0 aromatic heterocycles. The number of hydrogen-bond donors (Lipinski definition) is 1. The molecule has 0 bridgehead atoms. The van der Waals surface area contributed by atoms with Crippen molar-refractivity contribution < 1.29 is 19.0 Å². The van der Waals surface area contributed by atoms with Crippen LogP contribution in [0.25, 0.3) is 0 Å². The Kier molecular flexibility index (Phi) is 4.66. The normalized spacial score (nSPS) is 12.0. The highest BCUT2D eigenvalue weighted by Gasteiger charge is 2.15. The number of amides is 1. The number of carbonyl (C=O) groups excluding carboxylic acids is 1. The molecule has 0 saturated heterocycles. The molecule has 3 rings (SSSR count). The van der Waals surface area contributed by atoms with E-state index in [1.54, 1.807) is 18.2 Å². The molecule has 2 aromatic carbocycles. The van der Waals surface area contributed by atoms with Gasteiger partial charge in [-0.3, -0.25) is 4.79 Å². The van der Waals surface area contributed by atoms with Crippen molar-refractivity contribution in [3.63, 3.8) is 0 Å². The molecule has 2 aromatic rings. The molecule has 5 heteroatoms. The monoisotopic (exact) mass is 313 g/mol. The summed E-state index contributed by atoms with van der Waals surface area (Å²) in [5.74, 6) is 1.98. The van der Waals surface area contributed by atoms with Crippen LogP contribution >= 0.6 is 0 Å². The van der Waals surface area contributed by atoms with Crippen molar-refractivity contribution in [2.75, 3.05) is 19.9 Å². The lowest BCUT2D eigenvalue weighted by Crippen LogP contribution is -2.28. The van der Waals surface area contributed by atoms with E-state index >= 15 is 0 Å². The minimum absolute atomic E-state index is 0.157. The first kappa shape index (κ1) is 15.2. The highest BCUT2D eigenvalue weighted by atomic mass is 16.7. The number of benzene rings is 2. The van der Waals surface area contributed by atoms with Crippen LogP contribution in [-0.4, -0.2) is 25.9 Å². The van der Waals surface area contributed by atoms with Gasteiger partial charge < -0.3 is 19.5 Å². The van der Waals surface area contributed by atoms with Gasteiger partial charge in [-0.1, -0.05) is 25.1 Å². The summed E-state index contributed by atoms with van der Waals surface area (Å²) in [6.07, 6.45) is 0.916. The van der Waals surface area contributed by atoms with Gasteiger partial charge in [-0.15, -0.1) is 0 Å². The lowest BCUT2D eigenvalue weighted by Gasteiger charge is -2.11. The van der Waals surface area contributed by atoms with E-state index in [1.165, 1.54) is 0 Å². The number of nitrogens with one attached hydrogen (secondary N) is 1. The van der Waals surface area contributed by atoms with E-state index in [-0.39, 0.29) is 12.7 Å². The molecule has 1 aliphatic rings. The molecular formula is C18H19NO4. The molecule has 0 saturated carbocycles. The van der Waals surface area contributed by atoms with Gasteiger partial charge in [-0.2, -0.15) is 0 Å². The minimum Gasteiger partial charge on any atom is -0.491 e. The molecule has 120 valence electrons. The van der Waals surface area contributed by atoms with E-state index in [9.17, 15) is 4.79 Å². The third kappa shape index (κ3) is 3.56. The molecule has 1 heterocycles. The van der Waals surface area contributed by atoms with E-state index in [2.05, 4.69) is 12.2 Å². The van der Waals surface area contributed by atoms with Crippen molar-refractivity contribution in [3.8, 4) is 17.2 Å². The molecule has 5 nitrogen and oxygen atoms in total. The maximum atomic E-state index is 12.1. The number of para-hydroxylation sites is 1. The summed E-state index contributed by atoms with van der Waals surface area (Å²) in [7, 11) is 0. The van der Waals surface area contributed by atoms with Crippen LogP contribution in [0.1, 0.15) is 22.8 Å². The fourth-order valence-electron chi connectivity index (χ4n) is 2.40. The smallest absolute Gasteiger partial charge is 0.251 e. The zero-order valence-electron chi connectivity index (χ0n) is 13.0. The van der Waals surface area contributed by atoms with E-state index < -0.39 is 0 Å². The van der Waals surface area contributed by atoms with Gasteiger partial charge in [-0.05, 0) is 36.2 Å². The topological polar surface area (TPSA) is 56.8 Å². The van der Waals surface area contributed by atoms with Gasteiger partial charge in [0.05, 0.1) is 6.54 Å². The fraction of sp³-hybridized carbons (Fsp3) is 0.278. The average Bonchev–Trinajstić information content (AvgIpc) is 3.06. The maximum Gasteiger partial charge on any atom is 0.251 e. The summed E-state index contributed by atoms with van der Waals surface area (Å²) in [6, 6.07) is 13.1. The van der Waals surface area contributed by atoms with Crippen LogP contribution in [0, 0.1) is 0 Å². The van der Waals surface area contributed by atoms with Crippen molar-refractivity contribution in [1.29, 1.82) is 0 Å². The Morgan fingerprint density at radius 2 is 2.00 bits per heavy atom. The fourth-order valence-corrected chi connectivity index (χ4v) is 2.40. The largest absolute Gasteiger partial charge is 0.491 e. The Hall–Kier alpha value is -2.69. The number of hydrogen-bond acceptors (Lipinski definition) is 4. The van der Waals surface area contributed by atoms with Gasteiger partial charge in [0.25, 0.3) is 5.91 Å². The van der Waals surface area contributed by atoms with Crippen LogP contribution in [0.4, 0.5) is 0 Å². The summed E-state index contributed by atoms with van der Waals surface area (Å²) in [5.41, 5.74) is 1.71. The van der Waals surface area contributed by atoms with Crippen LogP contribution in [-0.2, 0) is 6.42 Å². The van der Waals surface area contributed by atoms with Crippen molar-refractivity contribution >= 4 is 5.91 Å². The molecular weight excluding hydrogens is 294 g/mol. The van der Waals surface area contributed by atoms with Crippen LogP contribution < -0.4 is 19.5 Å². The standard InChI is InChI=1S/C18H19NO4/c1-2-13-5-3-4-6-15(13)21-10-9-19-18(20)14-7-8-16-17(11-14)23-12-22-16/h3-8,11H,2,9-10,12H2,1H3,(H,19,20). The maximum absolute atomic E-state index is 12.1. The van der Waals surface area contributed by atoms with Crippen molar-refractivity contribution in [3.05, 3.63) is 53.6 Å². The summed E-state index contributed by atoms with van der Waals surface area (Å²) < 4.78 is 16.2. The summed E-state index contributed by atoms with van der Waals surface area (Å²) in [4.78, 5) is 12.1. The first-order chi connectivity index (χ1) is 11.3. The summed E-state index contributed by atoms with van der Waals surface area (Å²) >= 11 is 0. The second-order valence-electron chi connectivity index (χ2n) is 5.13. The Balaban J connectivity index is 1.50. The van der Waals surface area contributed by atoms with Crippen molar-refractivity contribution in [2.24, 2.45) is 0 Å². The number of aryl methyl sites for hydroxylation is 1. The number of carbonyl (C=O) groups is 1. The quantitative estimate of drug-likeness (QED) is 0.833. The van der Waals surface area contributed by atoms with Gasteiger partial charge in [0.15, 0.2) is 11.5 Å². The van der Waals surface area contributed by atoms with E-state index in [0.29, 0.717) is 30.2 Å². The summed E-state index contributed by atoms with van der Waals surface area (Å²) in [6.45, 7) is 3.15. The van der Waals surface area contributed by atoms with Gasteiger partial charge in [0.1, 0.15) is 12.4 Å². The second kappa shape index (κ2) is 7.05. The van der Waals surface area contributed by atoms with Crippen molar-refractivity contribution in [2.45, 2.75) is 13.3 Å². The molecule has 0 unspecified atom stereocenters. The molecule has 0 spiro atoms. The SMILES string of the molecule is CCc1ccccc1OCCNC(=O)c1ccc2c(c1)OCO2. The van der Waals surface area contributed by atoms with Gasteiger partial charge in [0.2, 0.25) is 6.79 Å². The molecule has 1 aliphatic heterocycles. The predicted molar refractivity (Wildman–Crippen MR) is 86.2 cm³/mol. The zero-order valence-corrected chi connectivity index (χ0v) is 13.0. The molecule has 23 heavy (non-hydrogen) atoms. The zero-order chi connectivity index (χ0) is 16.1. The Bertz CT molecular complexity index is 699. The Labute approximate surface area is 135 Å². The molecule has 1 amide bonds. The van der Waals surface area contributed by atoms with E-state index in [1.807, 2.05) is 24.3 Å². The van der Waals surface area contributed by atoms with Gasteiger partial charge >= 0.3 is 0 Å². The van der Waals surface area contributed by atoms with E-state index in [4.69, 9.17) is 14.2 Å². The van der Waals surface area contributed by atoms with Crippen molar-refractivity contribution in [1.82, 2.24) is 5.32 Å². The van der Waals surface area contributed by atoms with Crippen LogP contribution in [0.5, 0.6) is 17.2 Å². The van der Waals surface area contributed by atoms with E-state index in [0.717, 1.165) is 17.7 Å². The minimum atomic E-state index is -0.157. The average molecular weight is 313 g/mol. The summed E-state index contributed by atoms with van der Waals surface area (Å²) in [5, 5.41) is 2.84. The van der Waals surface area contributed by atoms with Crippen LogP contribution in [0.15, 0.2) is 42.5 Å². The third-order valence-corrected chi connectivity index (χ3v) is 3.63. The first-order valence-electron chi connectivity index (χ1n) is 7.66. The lowest BCUT2D eigenvalue weighted by molar-refractivity contribution is 0.0946. The van der Waals surface area contributed by atoms with Gasteiger partial charge in [-0.25, -0.2) is 0 Å². The highest BCUT2D eigenvalue weighted by molar-refractivity contribution is 5.94. The van der Waals surface area contributed by atoms with Crippen LogP contribution in [0.3, 0.4) is 0 Å². The molecule has 0 atom stereocenters. The van der Waals surface area contributed by atoms with Gasteiger partial charge in [0, 0.05) is 5.56 Å². The number of fused-ring (bicyclic) bond motifs is 1. The Morgan fingerprint density at radius 1 is 1.17 bits per heavy atom. The first-order valence-corrected chi connectivity index (χ1v) is 7.66. The Morgan fingerprint density at radius 3 is 2.87 bits per heavy atom. The predicted octanol–water partition coefficient (Wildman–Crippen LogP) is 2.79. The highest BCUT2D eigenvalue weighted by Crippen LogP contribution is 2.32. The second-order valence-corrected chi connectivity index (χ2v) is 5.13.